The molecule has 0 bridgehead atoms. The van der Waals surface area contributed by atoms with Crippen molar-refractivity contribution in [3.63, 3.8) is 0 Å². The number of ketones is 1. The van der Waals surface area contributed by atoms with Gasteiger partial charge in [0.1, 0.15) is 24.0 Å². The van der Waals surface area contributed by atoms with Crippen LogP contribution in [0.5, 0.6) is 5.75 Å². The number of halogens is 1. The number of nitrogens with zero attached hydrogens (tertiary/aromatic N) is 2. The molecule has 0 saturated carbocycles. The first-order valence-corrected chi connectivity index (χ1v) is 10.8. The summed E-state index contributed by atoms with van der Waals surface area (Å²) in [5.74, 6) is -0.348. The number of hydrogen-bond acceptors (Lipinski definition) is 5. The van der Waals surface area contributed by atoms with E-state index in [1.807, 2.05) is 26.0 Å². The smallest absolute Gasteiger partial charge is 0.162 e. The molecule has 4 rings (SSSR count). The van der Waals surface area contributed by atoms with Gasteiger partial charge in [-0.05, 0) is 41.7 Å². The van der Waals surface area contributed by atoms with E-state index in [1.54, 1.807) is 41.3 Å². The average molecular weight is 444 g/mol. The van der Waals surface area contributed by atoms with Gasteiger partial charge in [0.25, 0.3) is 0 Å². The normalized spacial score (nSPS) is 19.8. The van der Waals surface area contributed by atoms with Crippen LogP contribution in [-0.4, -0.2) is 12.4 Å². The number of nitriles is 1. The Morgan fingerprint density at radius 1 is 1.24 bits per heavy atom. The molecular weight excluding hydrogens is 417 g/mol. The van der Waals surface area contributed by atoms with Crippen LogP contribution in [0.2, 0.25) is 0 Å². The highest BCUT2D eigenvalue weighted by atomic mass is 19.1. The number of allylic oxidation sites excluding steroid dienone is 3. The zero-order valence-corrected chi connectivity index (χ0v) is 18.8. The van der Waals surface area contributed by atoms with Crippen molar-refractivity contribution >= 4 is 11.5 Å². The topological polar surface area (TPSA) is 79.3 Å². The summed E-state index contributed by atoms with van der Waals surface area (Å²) in [4.78, 5) is 15.0. The number of rotatable bonds is 5. The molecule has 2 aromatic carbocycles. The molecule has 168 valence electrons. The molecule has 33 heavy (non-hydrogen) atoms. The van der Waals surface area contributed by atoms with Gasteiger partial charge in [-0.25, -0.2) is 4.39 Å². The molecule has 0 aromatic heterocycles. The molecule has 1 aliphatic heterocycles. The molecule has 1 aliphatic carbocycles. The highest BCUT2D eigenvalue weighted by molar-refractivity contribution is 6.01. The fraction of sp³-hybridized carbons (Fsp3) is 0.259. The quantitative estimate of drug-likeness (QED) is 0.632. The van der Waals surface area contributed by atoms with E-state index in [4.69, 9.17) is 10.5 Å². The van der Waals surface area contributed by atoms with E-state index in [9.17, 15) is 14.4 Å². The van der Waals surface area contributed by atoms with E-state index < -0.39 is 11.7 Å². The van der Waals surface area contributed by atoms with Crippen molar-refractivity contribution in [3.8, 4) is 11.8 Å². The first-order valence-electron chi connectivity index (χ1n) is 10.8. The lowest BCUT2D eigenvalue weighted by molar-refractivity contribution is -0.118. The SMILES string of the molecule is C=CCOc1ccc([C@@H]2C(C#N)=C(N)N(c3ccccc3F)C3=C2C(=O)CC(C)(C)C3)cc1. The van der Waals surface area contributed by atoms with Crippen molar-refractivity contribution in [2.45, 2.75) is 32.6 Å². The van der Waals surface area contributed by atoms with E-state index in [1.165, 1.54) is 6.07 Å². The third-order valence-corrected chi connectivity index (χ3v) is 6.06. The molecule has 0 spiro atoms. The minimum Gasteiger partial charge on any atom is -0.490 e. The number of anilines is 1. The predicted octanol–water partition coefficient (Wildman–Crippen LogP) is 5.33. The van der Waals surface area contributed by atoms with Gasteiger partial charge in [-0.2, -0.15) is 5.26 Å². The van der Waals surface area contributed by atoms with Crippen LogP contribution in [0.1, 0.15) is 38.2 Å². The summed E-state index contributed by atoms with van der Waals surface area (Å²) in [5, 5.41) is 10.1. The van der Waals surface area contributed by atoms with Crippen LogP contribution < -0.4 is 15.4 Å². The van der Waals surface area contributed by atoms with Gasteiger partial charge >= 0.3 is 0 Å². The molecule has 0 fully saturated rings. The first kappa shape index (κ1) is 22.3. The Hall–Kier alpha value is -3.85. The van der Waals surface area contributed by atoms with Crippen LogP contribution in [0, 0.1) is 22.6 Å². The summed E-state index contributed by atoms with van der Waals surface area (Å²) in [5.41, 5.74) is 8.58. The molecule has 0 saturated heterocycles. The van der Waals surface area contributed by atoms with Crippen LogP contribution >= 0.6 is 0 Å². The third kappa shape index (κ3) is 4.03. The maximum atomic E-state index is 14.9. The van der Waals surface area contributed by atoms with Crippen LogP contribution in [0.4, 0.5) is 10.1 Å². The zero-order valence-electron chi connectivity index (χ0n) is 18.8. The maximum absolute atomic E-state index is 14.9. The number of para-hydroxylation sites is 1. The van der Waals surface area contributed by atoms with Crippen molar-refractivity contribution in [2.24, 2.45) is 11.1 Å². The Balaban J connectivity index is 1.92. The lowest BCUT2D eigenvalue weighted by atomic mass is 9.68. The number of benzene rings is 2. The second kappa shape index (κ2) is 8.59. The average Bonchev–Trinajstić information content (AvgIpc) is 2.77. The van der Waals surface area contributed by atoms with Crippen molar-refractivity contribution in [1.82, 2.24) is 0 Å². The highest BCUT2D eigenvalue weighted by Gasteiger charge is 2.45. The molecule has 0 radical (unpaired) electrons. The van der Waals surface area contributed by atoms with Crippen LogP contribution in [0.15, 0.2) is 83.9 Å². The monoisotopic (exact) mass is 443 g/mol. The number of carbonyl (C=O) groups excluding carboxylic acids is 1. The molecule has 6 heteroatoms. The number of hydrogen-bond donors (Lipinski definition) is 1. The van der Waals surface area contributed by atoms with E-state index in [2.05, 4.69) is 12.6 Å². The molecule has 2 N–H and O–H groups in total. The van der Waals surface area contributed by atoms with Crippen molar-refractivity contribution in [2.75, 3.05) is 11.5 Å². The van der Waals surface area contributed by atoms with Gasteiger partial charge in [-0.1, -0.05) is 50.8 Å². The first-order chi connectivity index (χ1) is 15.8. The van der Waals surface area contributed by atoms with Gasteiger partial charge < -0.3 is 10.5 Å². The van der Waals surface area contributed by atoms with Gasteiger partial charge in [-0.15, -0.1) is 0 Å². The molecule has 0 unspecified atom stereocenters. The summed E-state index contributed by atoms with van der Waals surface area (Å²) in [6.07, 6.45) is 2.52. The van der Waals surface area contributed by atoms with Gasteiger partial charge in [0, 0.05) is 17.7 Å². The second-order valence-electron chi connectivity index (χ2n) is 9.10. The summed E-state index contributed by atoms with van der Waals surface area (Å²) >= 11 is 0. The number of nitrogens with two attached hydrogens (primary N) is 1. The van der Waals surface area contributed by atoms with Crippen LogP contribution in [0.3, 0.4) is 0 Å². The van der Waals surface area contributed by atoms with Gasteiger partial charge in [-0.3, -0.25) is 9.69 Å². The van der Waals surface area contributed by atoms with Crippen molar-refractivity contribution < 1.29 is 13.9 Å². The summed E-state index contributed by atoms with van der Waals surface area (Å²) in [7, 11) is 0. The third-order valence-electron chi connectivity index (χ3n) is 6.06. The maximum Gasteiger partial charge on any atom is 0.162 e. The van der Waals surface area contributed by atoms with Crippen LogP contribution in [0.25, 0.3) is 0 Å². The number of carbonyl (C=O) groups is 1. The van der Waals surface area contributed by atoms with E-state index in [0.29, 0.717) is 36.5 Å². The summed E-state index contributed by atoms with van der Waals surface area (Å²) in [6.45, 7) is 8.04. The Kier molecular flexibility index (Phi) is 5.82. The molecule has 1 heterocycles. The summed E-state index contributed by atoms with van der Waals surface area (Å²) < 4.78 is 20.4. The molecule has 2 aromatic rings. The fourth-order valence-electron chi connectivity index (χ4n) is 4.66. The minimum atomic E-state index is -0.620. The zero-order chi connectivity index (χ0) is 23.8. The second-order valence-corrected chi connectivity index (χ2v) is 9.10. The minimum absolute atomic E-state index is 0.0557. The predicted molar refractivity (Wildman–Crippen MR) is 126 cm³/mol. The van der Waals surface area contributed by atoms with E-state index in [0.717, 1.165) is 5.56 Å². The highest BCUT2D eigenvalue weighted by Crippen LogP contribution is 2.50. The van der Waals surface area contributed by atoms with E-state index >= 15 is 0 Å². The Labute approximate surface area is 193 Å². The number of ether oxygens (including phenoxy) is 1. The van der Waals surface area contributed by atoms with Gasteiger partial charge in [0.2, 0.25) is 0 Å². The standard InChI is InChI=1S/C27H26FN3O2/c1-4-13-33-18-11-9-17(10-12-18)24-19(16-29)26(30)31(21-8-6-5-7-20(21)28)22-14-27(2,3)15-23(32)25(22)24/h4-12,24H,1,13-15,30H2,2-3H3/t24-/m1/s1. The Morgan fingerprint density at radius 2 is 1.94 bits per heavy atom. The van der Waals surface area contributed by atoms with Crippen LogP contribution in [-0.2, 0) is 4.79 Å². The molecular formula is C27H26FN3O2. The lowest BCUT2D eigenvalue weighted by Crippen LogP contribution is -2.42. The fourth-order valence-corrected chi connectivity index (χ4v) is 4.66. The Morgan fingerprint density at radius 3 is 2.58 bits per heavy atom. The Bertz CT molecular complexity index is 1220. The van der Waals surface area contributed by atoms with Crippen molar-refractivity contribution in [3.05, 3.63) is 95.2 Å². The van der Waals surface area contributed by atoms with Gasteiger partial charge in [0.05, 0.1) is 23.2 Å². The lowest BCUT2D eigenvalue weighted by Gasteiger charge is -2.43. The molecule has 1 atom stereocenters. The number of Topliss-reactive ketones (excluding diaryl/α,β-unsaturated/α-hetero) is 1. The van der Waals surface area contributed by atoms with E-state index in [-0.39, 0.29) is 28.3 Å². The van der Waals surface area contributed by atoms with Gasteiger partial charge in [0.15, 0.2) is 5.78 Å². The molecule has 5 nitrogen and oxygen atoms in total. The molecule has 0 amide bonds. The van der Waals surface area contributed by atoms with Crippen molar-refractivity contribution in [1.29, 1.82) is 5.26 Å². The molecule has 2 aliphatic rings. The summed E-state index contributed by atoms with van der Waals surface area (Å²) in [6, 6.07) is 15.7. The largest absolute Gasteiger partial charge is 0.490 e.